The molecule has 0 aromatic heterocycles. The molecule has 0 radical (unpaired) electrons. The third-order valence-electron chi connectivity index (χ3n) is 1.41. The SMILES string of the molecule is NC(=O)C=Cc1c(Cl)cccc1Br. The Balaban J connectivity index is 3.06. The molecular formula is C9H7BrClNO. The monoisotopic (exact) mass is 259 g/mol. The highest BCUT2D eigenvalue weighted by molar-refractivity contribution is 9.10. The van der Waals surface area contributed by atoms with Crippen molar-refractivity contribution in [2.75, 3.05) is 0 Å². The van der Waals surface area contributed by atoms with Gasteiger partial charge in [0, 0.05) is 21.1 Å². The summed E-state index contributed by atoms with van der Waals surface area (Å²) in [4.78, 5) is 10.5. The van der Waals surface area contributed by atoms with Crippen molar-refractivity contribution in [3.63, 3.8) is 0 Å². The maximum absolute atomic E-state index is 10.5. The Bertz CT molecular complexity index is 342. The Morgan fingerprint density at radius 1 is 1.54 bits per heavy atom. The van der Waals surface area contributed by atoms with E-state index in [-0.39, 0.29) is 0 Å². The van der Waals surface area contributed by atoms with Crippen molar-refractivity contribution in [1.82, 2.24) is 0 Å². The molecule has 2 nitrogen and oxygen atoms in total. The molecule has 0 bridgehead atoms. The summed E-state index contributed by atoms with van der Waals surface area (Å²) < 4.78 is 0.831. The minimum absolute atomic E-state index is 0.494. The van der Waals surface area contributed by atoms with E-state index in [2.05, 4.69) is 15.9 Å². The first kappa shape index (κ1) is 10.3. The molecule has 68 valence electrons. The molecule has 1 aromatic carbocycles. The van der Waals surface area contributed by atoms with Crippen LogP contribution in [0.3, 0.4) is 0 Å². The van der Waals surface area contributed by atoms with Crippen molar-refractivity contribution in [3.05, 3.63) is 39.3 Å². The van der Waals surface area contributed by atoms with Gasteiger partial charge in [-0.05, 0) is 18.2 Å². The average Bonchev–Trinajstić information content (AvgIpc) is 2.03. The second-order valence-corrected chi connectivity index (χ2v) is 3.63. The average molecular weight is 261 g/mol. The lowest BCUT2D eigenvalue weighted by Crippen LogP contribution is -2.05. The van der Waals surface area contributed by atoms with Gasteiger partial charge in [-0.25, -0.2) is 0 Å². The standard InChI is InChI=1S/C9H7BrClNO/c10-7-2-1-3-8(11)6(7)4-5-9(12)13/h1-5H,(H2,12,13). The van der Waals surface area contributed by atoms with Gasteiger partial charge >= 0.3 is 0 Å². The predicted molar refractivity (Wildman–Crippen MR) is 57.4 cm³/mol. The fourth-order valence-electron chi connectivity index (χ4n) is 0.835. The lowest BCUT2D eigenvalue weighted by Gasteiger charge is -1.99. The molecule has 0 spiro atoms. The number of nitrogens with two attached hydrogens (primary N) is 1. The van der Waals surface area contributed by atoms with Gasteiger partial charge in [-0.2, -0.15) is 0 Å². The number of benzene rings is 1. The molecule has 0 atom stereocenters. The Hall–Kier alpha value is -0.800. The van der Waals surface area contributed by atoms with Crippen LogP contribution in [0.25, 0.3) is 6.08 Å². The molecule has 1 aromatic rings. The van der Waals surface area contributed by atoms with Gasteiger partial charge in [0.25, 0.3) is 0 Å². The lowest BCUT2D eigenvalue weighted by molar-refractivity contribution is -0.113. The Kier molecular flexibility index (Phi) is 3.51. The number of rotatable bonds is 2. The van der Waals surface area contributed by atoms with Gasteiger partial charge in [-0.15, -0.1) is 0 Å². The van der Waals surface area contributed by atoms with Crippen LogP contribution in [-0.4, -0.2) is 5.91 Å². The molecule has 0 heterocycles. The maximum Gasteiger partial charge on any atom is 0.241 e. The number of carbonyl (C=O) groups excluding carboxylic acids is 1. The van der Waals surface area contributed by atoms with Crippen LogP contribution in [0.1, 0.15) is 5.56 Å². The Morgan fingerprint density at radius 3 is 2.77 bits per heavy atom. The van der Waals surface area contributed by atoms with Crippen LogP contribution in [0.2, 0.25) is 5.02 Å². The summed E-state index contributed by atoms with van der Waals surface area (Å²) in [5.41, 5.74) is 5.71. The number of halogens is 2. The zero-order chi connectivity index (χ0) is 9.84. The molecule has 0 aliphatic rings. The smallest absolute Gasteiger partial charge is 0.241 e. The molecule has 0 aliphatic heterocycles. The summed E-state index contributed by atoms with van der Waals surface area (Å²) in [6.45, 7) is 0. The summed E-state index contributed by atoms with van der Waals surface area (Å²) in [6.07, 6.45) is 2.85. The van der Waals surface area contributed by atoms with Crippen LogP contribution in [-0.2, 0) is 4.79 Å². The maximum atomic E-state index is 10.5. The van der Waals surface area contributed by atoms with Crippen LogP contribution in [0.4, 0.5) is 0 Å². The van der Waals surface area contributed by atoms with Gasteiger partial charge in [0.2, 0.25) is 5.91 Å². The first-order valence-corrected chi connectivity index (χ1v) is 4.70. The van der Waals surface area contributed by atoms with E-state index < -0.39 is 5.91 Å². The summed E-state index contributed by atoms with van der Waals surface area (Å²) in [5, 5.41) is 0.576. The van der Waals surface area contributed by atoms with Crippen LogP contribution in [0.5, 0.6) is 0 Å². The van der Waals surface area contributed by atoms with Gasteiger partial charge in [0.1, 0.15) is 0 Å². The van der Waals surface area contributed by atoms with Gasteiger partial charge in [0.05, 0.1) is 0 Å². The third kappa shape index (κ3) is 2.86. The van der Waals surface area contributed by atoms with E-state index in [4.69, 9.17) is 17.3 Å². The van der Waals surface area contributed by atoms with Crippen molar-refractivity contribution in [3.8, 4) is 0 Å². The number of carbonyl (C=O) groups is 1. The first-order chi connectivity index (χ1) is 6.11. The molecular weight excluding hydrogens is 253 g/mol. The molecule has 1 rings (SSSR count). The highest BCUT2D eigenvalue weighted by Gasteiger charge is 2.00. The highest BCUT2D eigenvalue weighted by atomic mass is 79.9. The number of hydrogen-bond acceptors (Lipinski definition) is 1. The van der Waals surface area contributed by atoms with Crippen molar-refractivity contribution in [1.29, 1.82) is 0 Å². The molecule has 0 fully saturated rings. The quantitative estimate of drug-likeness (QED) is 0.816. The minimum Gasteiger partial charge on any atom is -0.366 e. The lowest BCUT2D eigenvalue weighted by atomic mass is 10.2. The third-order valence-corrected chi connectivity index (χ3v) is 2.44. The molecule has 0 saturated heterocycles. The number of hydrogen-bond donors (Lipinski definition) is 1. The molecule has 1 amide bonds. The fraction of sp³-hybridized carbons (Fsp3) is 0. The van der Waals surface area contributed by atoms with E-state index in [9.17, 15) is 4.79 Å². The second kappa shape index (κ2) is 4.44. The first-order valence-electron chi connectivity index (χ1n) is 3.53. The number of amides is 1. The largest absolute Gasteiger partial charge is 0.366 e. The normalized spacial score (nSPS) is 10.6. The van der Waals surface area contributed by atoms with Crippen molar-refractivity contribution >= 4 is 39.5 Å². The van der Waals surface area contributed by atoms with Crippen LogP contribution in [0.15, 0.2) is 28.7 Å². The Labute approximate surface area is 89.5 Å². The molecule has 0 saturated carbocycles. The molecule has 4 heteroatoms. The van der Waals surface area contributed by atoms with Crippen molar-refractivity contribution in [2.24, 2.45) is 5.73 Å². The number of primary amides is 1. The summed E-state index contributed by atoms with van der Waals surface area (Å²) in [7, 11) is 0. The zero-order valence-electron chi connectivity index (χ0n) is 6.63. The van der Waals surface area contributed by atoms with E-state index in [1.54, 1.807) is 12.1 Å². The summed E-state index contributed by atoms with van der Waals surface area (Å²) in [5.74, 6) is -0.494. The topological polar surface area (TPSA) is 43.1 Å². The van der Waals surface area contributed by atoms with Crippen LogP contribution < -0.4 is 5.73 Å². The van der Waals surface area contributed by atoms with Crippen LogP contribution >= 0.6 is 27.5 Å². The predicted octanol–water partition coefficient (Wildman–Crippen LogP) is 2.60. The summed E-state index contributed by atoms with van der Waals surface area (Å²) in [6, 6.07) is 5.40. The van der Waals surface area contributed by atoms with E-state index >= 15 is 0 Å². The minimum atomic E-state index is -0.494. The summed E-state index contributed by atoms with van der Waals surface area (Å²) >= 11 is 9.19. The second-order valence-electron chi connectivity index (χ2n) is 2.37. The van der Waals surface area contributed by atoms with Gasteiger partial charge in [0.15, 0.2) is 0 Å². The highest BCUT2D eigenvalue weighted by Crippen LogP contribution is 2.25. The molecule has 0 aliphatic carbocycles. The van der Waals surface area contributed by atoms with E-state index in [1.807, 2.05) is 12.1 Å². The van der Waals surface area contributed by atoms with Gasteiger partial charge in [-0.3, -0.25) is 4.79 Å². The van der Waals surface area contributed by atoms with Crippen molar-refractivity contribution in [2.45, 2.75) is 0 Å². The molecule has 2 N–H and O–H groups in total. The van der Waals surface area contributed by atoms with E-state index in [0.29, 0.717) is 5.02 Å². The van der Waals surface area contributed by atoms with E-state index in [1.165, 1.54) is 6.08 Å². The fourth-order valence-corrected chi connectivity index (χ4v) is 1.69. The Morgan fingerprint density at radius 2 is 2.23 bits per heavy atom. The molecule has 13 heavy (non-hydrogen) atoms. The van der Waals surface area contributed by atoms with Crippen LogP contribution in [0, 0.1) is 0 Å². The van der Waals surface area contributed by atoms with E-state index in [0.717, 1.165) is 10.0 Å². The van der Waals surface area contributed by atoms with Gasteiger partial charge in [-0.1, -0.05) is 33.6 Å². The molecule has 0 unspecified atom stereocenters. The van der Waals surface area contributed by atoms with Crippen molar-refractivity contribution < 1.29 is 4.79 Å². The van der Waals surface area contributed by atoms with Gasteiger partial charge < -0.3 is 5.73 Å². The zero-order valence-corrected chi connectivity index (χ0v) is 8.97.